The monoisotopic (exact) mass is 510 g/mol. The Bertz CT molecular complexity index is 616. The van der Waals surface area contributed by atoms with E-state index in [1.165, 1.54) is 0 Å². The van der Waals surface area contributed by atoms with Crippen LogP contribution in [-0.2, 0) is 4.57 Å². The predicted octanol–water partition coefficient (Wildman–Crippen LogP) is 2.84. The first-order valence-corrected chi connectivity index (χ1v) is 9.90. The Hall–Kier alpha value is 2.58. The van der Waals surface area contributed by atoms with Gasteiger partial charge in [-0.25, -0.2) is 4.57 Å². The van der Waals surface area contributed by atoms with Gasteiger partial charge in [-0.2, -0.15) is 0 Å². The van der Waals surface area contributed by atoms with Crippen molar-refractivity contribution in [1.82, 2.24) is 0 Å². The van der Waals surface area contributed by atoms with Crippen LogP contribution in [0, 0.1) is 11.8 Å². The van der Waals surface area contributed by atoms with Gasteiger partial charge in [0.25, 0.3) is 0 Å². The Kier molecular flexibility index (Phi) is 9.01. The molecule has 0 amide bonds. The maximum absolute atomic E-state index is 8.88. The minimum atomic E-state index is -4.64. The number of hydrogen-bond acceptors (Lipinski definition) is 1. The SMILES string of the molecule is ClC1=C(Cl)C2(Cl)C3C(Cl)C=CC3C1(Cl)C2(Cl)Cl.O.O=P(O)(O)O.[NaH]. The van der Waals surface area contributed by atoms with Crippen LogP contribution in [-0.4, -0.2) is 69.2 Å². The summed E-state index contributed by atoms with van der Waals surface area (Å²) in [5.74, 6) is -0.470. The van der Waals surface area contributed by atoms with Crippen LogP contribution >= 0.6 is 89.0 Å². The van der Waals surface area contributed by atoms with Gasteiger partial charge in [0.15, 0.2) is 4.33 Å². The summed E-state index contributed by atoms with van der Waals surface area (Å²) in [6, 6.07) is 0. The molecule has 0 radical (unpaired) electrons. The van der Waals surface area contributed by atoms with Crippen LogP contribution in [0.15, 0.2) is 22.2 Å². The van der Waals surface area contributed by atoms with Gasteiger partial charge >= 0.3 is 37.4 Å². The van der Waals surface area contributed by atoms with Crippen molar-refractivity contribution in [3.05, 3.63) is 22.2 Å². The molecule has 0 heterocycles. The number of alkyl halides is 5. The molecule has 1 fully saturated rings. The van der Waals surface area contributed by atoms with E-state index in [1.807, 2.05) is 12.2 Å². The van der Waals surface area contributed by atoms with Crippen molar-refractivity contribution in [2.24, 2.45) is 11.8 Å². The van der Waals surface area contributed by atoms with Crippen molar-refractivity contribution in [2.75, 3.05) is 0 Å². The molecule has 3 aliphatic rings. The van der Waals surface area contributed by atoms with Gasteiger partial charge in [-0.15, -0.1) is 34.8 Å². The van der Waals surface area contributed by atoms with E-state index < -0.39 is 21.9 Å². The van der Waals surface area contributed by atoms with Crippen molar-refractivity contribution in [3.63, 3.8) is 0 Å². The molecule has 3 aliphatic carbocycles. The first kappa shape index (κ1) is 26.6. The van der Waals surface area contributed by atoms with Crippen molar-refractivity contribution in [1.29, 1.82) is 0 Å². The molecule has 5 N–H and O–H groups in total. The van der Waals surface area contributed by atoms with Gasteiger partial charge in [-0.1, -0.05) is 58.6 Å². The molecule has 0 spiro atoms. The molecule has 5 nitrogen and oxygen atoms in total. The zero-order valence-electron chi connectivity index (χ0n) is 10.7. The van der Waals surface area contributed by atoms with Crippen LogP contribution in [0.3, 0.4) is 0 Å². The van der Waals surface area contributed by atoms with E-state index in [0.717, 1.165) is 0 Å². The Morgan fingerprint density at radius 1 is 0.958 bits per heavy atom. The fourth-order valence-electron chi connectivity index (χ4n) is 3.08. The minimum absolute atomic E-state index is 0. The maximum atomic E-state index is 8.88. The number of allylic oxidation sites excluding steroid dienone is 4. The number of rotatable bonds is 0. The van der Waals surface area contributed by atoms with E-state index in [2.05, 4.69) is 0 Å². The van der Waals surface area contributed by atoms with Crippen LogP contribution in [0.4, 0.5) is 0 Å². The molecule has 0 aromatic rings. The van der Waals surface area contributed by atoms with Gasteiger partial charge < -0.3 is 20.2 Å². The summed E-state index contributed by atoms with van der Waals surface area (Å²) in [7, 11) is -4.64. The first-order valence-electron chi connectivity index (χ1n) is 5.63. The molecule has 1 saturated carbocycles. The van der Waals surface area contributed by atoms with Gasteiger partial charge in [-0.05, 0) is 0 Å². The predicted molar refractivity (Wildman–Crippen MR) is 101 cm³/mol. The summed E-state index contributed by atoms with van der Waals surface area (Å²) < 4.78 is 7.40. The molecule has 5 atom stereocenters. The zero-order chi connectivity index (χ0) is 17.3. The third kappa shape index (κ3) is 3.60. The molecule has 24 heavy (non-hydrogen) atoms. The summed E-state index contributed by atoms with van der Waals surface area (Å²) >= 11 is 44.5. The molecular weight excluding hydrogens is 502 g/mol. The third-order valence-corrected chi connectivity index (χ3v) is 8.61. The van der Waals surface area contributed by atoms with E-state index in [4.69, 9.17) is 100 Å². The standard InChI is InChI=1S/C10H5Cl7.Na.H3O4P.H2O.H/c11-4-2-1-3-5(4)9(15)7(13)6(12)8(3,14)10(9,16)17;;1-5(2,3)4;;/h1-5H;;(H3,1,2,3,4);1H2;. The second-order valence-electron chi connectivity index (χ2n) is 5.02. The number of halogens is 7. The van der Waals surface area contributed by atoms with Crippen LogP contribution < -0.4 is 0 Å². The summed E-state index contributed by atoms with van der Waals surface area (Å²) in [5, 5.41) is 0.113. The second-order valence-corrected chi connectivity index (χ2v) is 9.83. The Balaban J connectivity index is 0.000000673. The van der Waals surface area contributed by atoms with Crippen molar-refractivity contribution >= 4 is 119 Å². The molecule has 5 unspecified atom stereocenters. The molecule has 0 saturated heterocycles. The first-order chi connectivity index (χ1) is 9.70. The fraction of sp³-hybridized carbons (Fsp3) is 0.600. The van der Waals surface area contributed by atoms with Crippen molar-refractivity contribution < 1.29 is 24.7 Å². The van der Waals surface area contributed by atoms with E-state index >= 15 is 0 Å². The molecule has 136 valence electrons. The van der Waals surface area contributed by atoms with Crippen LogP contribution in [0.2, 0.25) is 0 Å². The quantitative estimate of drug-likeness (QED) is 0.200. The number of hydrogen-bond donors (Lipinski definition) is 3. The molecule has 2 bridgehead atoms. The fourth-order valence-corrected chi connectivity index (χ4v) is 6.60. The average molecular weight is 513 g/mol. The van der Waals surface area contributed by atoms with Gasteiger partial charge in [0.2, 0.25) is 0 Å². The Labute approximate surface area is 195 Å². The van der Waals surface area contributed by atoms with Gasteiger partial charge in [0.05, 0.1) is 15.4 Å². The van der Waals surface area contributed by atoms with Gasteiger partial charge in [0, 0.05) is 11.8 Å². The van der Waals surface area contributed by atoms with Crippen molar-refractivity contribution in [3.8, 4) is 0 Å². The molecule has 3 rings (SSSR count). The van der Waals surface area contributed by atoms with Crippen LogP contribution in [0.1, 0.15) is 0 Å². The summed E-state index contributed by atoms with van der Waals surface area (Å²) in [4.78, 5) is 19.1. The van der Waals surface area contributed by atoms with Crippen LogP contribution in [0.25, 0.3) is 0 Å². The number of phosphoric acid groups is 1. The van der Waals surface area contributed by atoms with Gasteiger partial charge in [-0.3, -0.25) is 0 Å². The molecule has 0 aromatic heterocycles. The molecule has 0 aromatic carbocycles. The second kappa shape index (κ2) is 8.14. The van der Waals surface area contributed by atoms with E-state index in [0.29, 0.717) is 0 Å². The summed E-state index contributed by atoms with van der Waals surface area (Å²) in [6.45, 7) is 0. The van der Waals surface area contributed by atoms with Crippen molar-refractivity contribution in [2.45, 2.75) is 19.5 Å². The van der Waals surface area contributed by atoms with E-state index in [-0.39, 0.29) is 62.3 Å². The average Bonchev–Trinajstić information content (AvgIpc) is 2.82. The molecule has 0 aliphatic heterocycles. The summed E-state index contributed by atoms with van der Waals surface area (Å²) in [5.41, 5.74) is 0. The Morgan fingerprint density at radius 2 is 1.33 bits per heavy atom. The third-order valence-electron chi connectivity index (χ3n) is 3.90. The van der Waals surface area contributed by atoms with Gasteiger partial charge in [0.1, 0.15) is 9.75 Å². The van der Waals surface area contributed by atoms with E-state index in [1.54, 1.807) is 0 Å². The number of fused-ring (bicyclic) bond motifs is 5. The Morgan fingerprint density at radius 3 is 1.75 bits per heavy atom. The molecular formula is C10H11Cl7NaO5P. The zero-order valence-corrected chi connectivity index (χ0v) is 16.9. The normalized spacial score (nSPS) is 41.2. The topological polar surface area (TPSA) is 109 Å². The van der Waals surface area contributed by atoms with Crippen LogP contribution in [0.5, 0.6) is 0 Å². The molecule has 14 heteroatoms. The summed E-state index contributed by atoms with van der Waals surface area (Å²) in [6.07, 6.45) is 3.69. The van der Waals surface area contributed by atoms with E-state index in [9.17, 15) is 0 Å².